The number of carbonyl (C=O) groups is 2. The lowest BCUT2D eigenvalue weighted by Crippen LogP contribution is -2.35. The van der Waals surface area contributed by atoms with Gasteiger partial charge in [0.15, 0.2) is 0 Å². The summed E-state index contributed by atoms with van der Waals surface area (Å²) in [7, 11) is 1.59. The van der Waals surface area contributed by atoms with Gasteiger partial charge in [0.05, 0.1) is 19.2 Å². The fourth-order valence-electron chi connectivity index (χ4n) is 2.94. The lowest BCUT2D eigenvalue weighted by molar-refractivity contribution is -0.121. The molecular formula is C19H20N2O3. The Kier molecular flexibility index (Phi) is 4.51. The van der Waals surface area contributed by atoms with Crippen molar-refractivity contribution < 1.29 is 14.3 Å². The number of rotatable bonds is 5. The van der Waals surface area contributed by atoms with Gasteiger partial charge < -0.3 is 10.1 Å². The summed E-state index contributed by atoms with van der Waals surface area (Å²) in [6.07, 6.45) is 0.912. The van der Waals surface area contributed by atoms with Crippen molar-refractivity contribution in [1.29, 1.82) is 0 Å². The van der Waals surface area contributed by atoms with Crippen LogP contribution in [0.4, 0.5) is 11.4 Å². The fraction of sp³-hybridized carbons (Fsp3) is 0.263. The zero-order chi connectivity index (χ0) is 17.1. The minimum absolute atomic E-state index is 0.147. The molecule has 0 bridgehead atoms. The van der Waals surface area contributed by atoms with Crippen molar-refractivity contribution in [3.63, 3.8) is 0 Å². The number of carbonyl (C=O) groups excluding carboxylic acids is 2. The van der Waals surface area contributed by atoms with Gasteiger partial charge in [0.1, 0.15) is 11.8 Å². The third-order valence-electron chi connectivity index (χ3n) is 4.17. The van der Waals surface area contributed by atoms with Crippen LogP contribution in [0.1, 0.15) is 18.9 Å². The third-order valence-corrected chi connectivity index (χ3v) is 4.17. The largest absolute Gasteiger partial charge is 0.497 e. The van der Waals surface area contributed by atoms with Crippen LogP contribution in [-0.2, 0) is 16.0 Å². The van der Waals surface area contributed by atoms with Gasteiger partial charge in [-0.1, -0.05) is 31.2 Å². The number of amides is 2. The second-order valence-corrected chi connectivity index (χ2v) is 5.68. The van der Waals surface area contributed by atoms with Crippen molar-refractivity contribution in [2.75, 3.05) is 17.3 Å². The summed E-state index contributed by atoms with van der Waals surface area (Å²) in [6, 6.07) is 14.3. The molecule has 124 valence electrons. The molecule has 1 aliphatic heterocycles. The van der Waals surface area contributed by atoms with E-state index in [9.17, 15) is 9.59 Å². The van der Waals surface area contributed by atoms with Crippen molar-refractivity contribution in [2.45, 2.75) is 25.8 Å². The molecule has 2 aromatic carbocycles. The van der Waals surface area contributed by atoms with E-state index in [1.807, 2.05) is 49.4 Å². The van der Waals surface area contributed by atoms with Gasteiger partial charge in [0.25, 0.3) is 5.91 Å². The molecule has 1 atom stereocenters. The quantitative estimate of drug-likeness (QED) is 0.859. The molecule has 5 nitrogen and oxygen atoms in total. The summed E-state index contributed by atoms with van der Waals surface area (Å²) in [5, 5.41) is 3.14. The predicted molar refractivity (Wildman–Crippen MR) is 93.3 cm³/mol. The number of ether oxygens (including phenoxy) is 1. The summed E-state index contributed by atoms with van der Waals surface area (Å²) in [5.74, 6) is 0.301. The van der Waals surface area contributed by atoms with E-state index in [0.717, 1.165) is 17.7 Å². The standard InChI is InChI=1S/C19H20N2O3/c1-3-13-7-4-5-10-17(13)21-18(22)12-16(19(21)23)20-14-8-6-9-15(11-14)24-2/h4-11,16,20H,3,12H2,1-2H3. The fourth-order valence-corrected chi connectivity index (χ4v) is 2.94. The molecule has 0 aliphatic carbocycles. The molecule has 0 aromatic heterocycles. The number of anilines is 2. The highest BCUT2D eigenvalue weighted by Crippen LogP contribution is 2.28. The monoisotopic (exact) mass is 324 g/mol. The average molecular weight is 324 g/mol. The highest BCUT2D eigenvalue weighted by molar-refractivity contribution is 6.23. The molecule has 1 unspecified atom stereocenters. The Bertz CT molecular complexity index is 773. The lowest BCUT2D eigenvalue weighted by Gasteiger charge is -2.19. The van der Waals surface area contributed by atoms with Gasteiger partial charge >= 0.3 is 0 Å². The second-order valence-electron chi connectivity index (χ2n) is 5.68. The number of nitrogens with one attached hydrogen (secondary N) is 1. The van der Waals surface area contributed by atoms with Crippen molar-refractivity contribution in [2.24, 2.45) is 0 Å². The smallest absolute Gasteiger partial charge is 0.256 e. The molecule has 0 saturated carbocycles. The number of hydrogen-bond acceptors (Lipinski definition) is 4. The Hall–Kier alpha value is -2.82. The number of imide groups is 1. The summed E-state index contributed by atoms with van der Waals surface area (Å²) in [6.45, 7) is 2.01. The molecule has 1 fully saturated rings. The van der Waals surface area contributed by atoms with Gasteiger partial charge in [0, 0.05) is 11.8 Å². The zero-order valence-corrected chi connectivity index (χ0v) is 13.8. The molecule has 2 amide bonds. The molecule has 5 heteroatoms. The first-order chi connectivity index (χ1) is 11.6. The van der Waals surface area contributed by atoms with Crippen molar-refractivity contribution in [3.8, 4) is 5.75 Å². The van der Waals surface area contributed by atoms with E-state index >= 15 is 0 Å². The van der Waals surface area contributed by atoms with Crippen molar-refractivity contribution in [3.05, 3.63) is 54.1 Å². The number of para-hydroxylation sites is 1. The van der Waals surface area contributed by atoms with Gasteiger partial charge in [-0.2, -0.15) is 0 Å². The van der Waals surface area contributed by atoms with E-state index in [1.54, 1.807) is 13.2 Å². The Morgan fingerprint density at radius 3 is 2.71 bits per heavy atom. The molecule has 1 heterocycles. The van der Waals surface area contributed by atoms with Crippen LogP contribution in [0.3, 0.4) is 0 Å². The number of aryl methyl sites for hydroxylation is 1. The SMILES string of the molecule is CCc1ccccc1N1C(=O)CC(Nc2cccc(OC)c2)C1=O. The molecule has 1 N–H and O–H groups in total. The first kappa shape index (κ1) is 16.1. The van der Waals surface area contributed by atoms with E-state index in [0.29, 0.717) is 11.4 Å². The summed E-state index contributed by atoms with van der Waals surface area (Å²) < 4.78 is 5.19. The highest BCUT2D eigenvalue weighted by Gasteiger charge is 2.40. The topological polar surface area (TPSA) is 58.6 Å². The Balaban J connectivity index is 1.83. The summed E-state index contributed by atoms with van der Waals surface area (Å²) >= 11 is 0. The van der Waals surface area contributed by atoms with E-state index in [2.05, 4.69) is 5.32 Å². The molecule has 1 aliphatic rings. The van der Waals surface area contributed by atoms with Gasteiger partial charge in [-0.25, -0.2) is 4.90 Å². The minimum atomic E-state index is -0.561. The normalized spacial score (nSPS) is 17.2. The van der Waals surface area contributed by atoms with Crippen LogP contribution in [0, 0.1) is 0 Å². The summed E-state index contributed by atoms with van der Waals surface area (Å²) in [5.41, 5.74) is 2.43. The molecular weight excluding hydrogens is 304 g/mol. The van der Waals surface area contributed by atoms with Gasteiger partial charge in [-0.15, -0.1) is 0 Å². The zero-order valence-electron chi connectivity index (χ0n) is 13.8. The van der Waals surface area contributed by atoms with E-state index < -0.39 is 6.04 Å². The maximum absolute atomic E-state index is 12.8. The lowest BCUT2D eigenvalue weighted by atomic mass is 10.1. The van der Waals surface area contributed by atoms with Crippen molar-refractivity contribution in [1.82, 2.24) is 0 Å². The van der Waals surface area contributed by atoms with Gasteiger partial charge in [0.2, 0.25) is 5.91 Å². The number of nitrogens with zero attached hydrogens (tertiary/aromatic N) is 1. The highest BCUT2D eigenvalue weighted by atomic mass is 16.5. The van der Waals surface area contributed by atoms with Crippen LogP contribution in [0.5, 0.6) is 5.75 Å². The second kappa shape index (κ2) is 6.74. The Labute approximate surface area is 141 Å². The molecule has 3 rings (SSSR count). The predicted octanol–water partition coefficient (Wildman–Crippen LogP) is 3.00. The molecule has 2 aromatic rings. The van der Waals surface area contributed by atoms with Gasteiger partial charge in [-0.3, -0.25) is 9.59 Å². The van der Waals surface area contributed by atoms with Crippen LogP contribution in [0.2, 0.25) is 0 Å². The van der Waals surface area contributed by atoms with Crippen LogP contribution in [0.25, 0.3) is 0 Å². The van der Waals surface area contributed by atoms with Crippen LogP contribution < -0.4 is 15.0 Å². The molecule has 0 spiro atoms. The Morgan fingerprint density at radius 1 is 1.17 bits per heavy atom. The number of benzene rings is 2. The summed E-state index contributed by atoms with van der Waals surface area (Å²) in [4.78, 5) is 26.5. The van der Waals surface area contributed by atoms with E-state index in [4.69, 9.17) is 4.74 Å². The first-order valence-electron chi connectivity index (χ1n) is 7.99. The van der Waals surface area contributed by atoms with Crippen molar-refractivity contribution >= 4 is 23.2 Å². The molecule has 24 heavy (non-hydrogen) atoms. The minimum Gasteiger partial charge on any atom is -0.497 e. The van der Waals surface area contributed by atoms with E-state index in [-0.39, 0.29) is 18.2 Å². The Morgan fingerprint density at radius 2 is 1.96 bits per heavy atom. The number of hydrogen-bond donors (Lipinski definition) is 1. The van der Waals surface area contributed by atoms with E-state index in [1.165, 1.54) is 4.90 Å². The van der Waals surface area contributed by atoms with Crippen LogP contribution in [0.15, 0.2) is 48.5 Å². The molecule has 1 saturated heterocycles. The van der Waals surface area contributed by atoms with Gasteiger partial charge in [-0.05, 0) is 30.2 Å². The third kappa shape index (κ3) is 2.97. The van der Waals surface area contributed by atoms with Crippen LogP contribution >= 0.6 is 0 Å². The first-order valence-corrected chi connectivity index (χ1v) is 7.99. The maximum Gasteiger partial charge on any atom is 0.256 e. The van der Waals surface area contributed by atoms with Crippen LogP contribution in [-0.4, -0.2) is 25.0 Å². The maximum atomic E-state index is 12.8. The molecule has 0 radical (unpaired) electrons. The number of methoxy groups -OCH3 is 1. The average Bonchev–Trinajstić information content (AvgIpc) is 2.88.